The van der Waals surface area contributed by atoms with Crippen LogP contribution in [0.5, 0.6) is 0 Å². The van der Waals surface area contributed by atoms with E-state index in [4.69, 9.17) is 11.6 Å². The number of hydrogen-bond acceptors (Lipinski definition) is 4. The molecule has 1 aromatic heterocycles. The summed E-state index contributed by atoms with van der Waals surface area (Å²) in [6.45, 7) is 3.35. The second-order valence-corrected chi connectivity index (χ2v) is 6.47. The molecule has 2 heterocycles. The van der Waals surface area contributed by atoms with Crippen molar-refractivity contribution in [1.82, 2.24) is 19.9 Å². The third-order valence-electron chi connectivity index (χ3n) is 3.32. The Morgan fingerprint density at radius 3 is 2.76 bits per heavy atom. The van der Waals surface area contributed by atoms with Crippen molar-refractivity contribution in [2.24, 2.45) is 0 Å². The molecule has 1 aliphatic heterocycles. The van der Waals surface area contributed by atoms with Gasteiger partial charge in [-0.3, -0.25) is 4.79 Å². The molecule has 1 aromatic carbocycles. The van der Waals surface area contributed by atoms with E-state index >= 15 is 0 Å². The summed E-state index contributed by atoms with van der Waals surface area (Å²) >= 11 is 7.85. The van der Waals surface area contributed by atoms with Gasteiger partial charge in [0, 0.05) is 29.6 Å². The second-order valence-electron chi connectivity index (χ2n) is 4.81. The Morgan fingerprint density at radius 1 is 1.29 bits per heavy atom. The van der Waals surface area contributed by atoms with Gasteiger partial charge in [0.25, 0.3) is 5.91 Å². The van der Waals surface area contributed by atoms with E-state index in [1.807, 2.05) is 28.8 Å². The van der Waals surface area contributed by atoms with Crippen molar-refractivity contribution in [2.75, 3.05) is 24.6 Å². The number of nitrogens with zero attached hydrogens (tertiary/aromatic N) is 4. The van der Waals surface area contributed by atoms with Crippen LogP contribution in [0, 0.1) is 6.92 Å². The van der Waals surface area contributed by atoms with E-state index < -0.39 is 0 Å². The largest absolute Gasteiger partial charge is 0.336 e. The summed E-state index contributed by atoms with van der Waals surface area (Å²) < 4.78 is 0. The first-order chi connectivity index (χ1) is 10.1. The van der Waals surface area contributed by atoms with E-state index in [0.717, 1.165) is 30.3 Å². The lowest BCUT2D eigenvalue weighted by Gasteiger charge is -2.25. The standard InChI is InChI=1S/C14H15ClN4OS/c1-10-13(14(20)18-5-7-21-8-6-18)17-19(16-10)12-4-2-3-11(15)9-12/h2-4,9H,5-8H2,1H3. The van der Waals surface area contributed by atoms with Crippen LogP contribution in [0.3, 0.4) is 0 Å². The van der Waals surface area contributed by atoms with Crippen molar-refractivity contribution in [3.63, 3.8) is 0 Å². The summed E-state index contributed by atoms with van der Waals surface area (Å²) in [5.74, 6) is 1.92. The highest BCUT2D eigenvalue weighted by Crippen LogP contribution is 2.16. The lowest BCUT2D eigenvalue weighted by atomic mass is 10.3. The minimum absolute atomic E-state index is 0.0407. The van der Waals surface area contributed by atoms with Gasteiger partial charge in [0.15, 0.2) is 5.69 Å². The first-order valence-electron chi connectivity index (χ1n) is 6.72. The molecule has 0 aliphatic carbocycles. The van der Waals surface area contributed by atoms with Gasteiger partial charge in [-0.1, -0.05) is 17.7 Å². The van der Waals surface area contributed by atoms with Gasteiger partial charge in [-0.2, -0.15) is 21.7 Å². The number of hydrogen-bond donors (Lipinski definition) is 0. The zero-order valence-electron chi connectivity index (χ0n) is 11.6. The summed E-state index contributed by atoms with van der Waals surface area (Å²) in [5.41, 5.74) is 1.80. The molecule has 0 unspecified atom stereocenters. The van der Waals surface area contributed by atoms with E-state index in [2.05, 4.69) is 10.2 Å². The van der Waals surface area contributed by atoms with Crippen LogP contribution in [0.15, 0.2) is 24.3 Å². The van der Waals surface area contributed by atoms with Crippen molar-refractivity contribution < 1.29 is 4.79 Å². The number of carbonyl (C=O) groups is 1. The number of aromatic nitrogens is 3. The fourth-order valence-electron chi connectivity index (χ4n) is 2.21. The summed E-state index contributed by atoms with van der Waals surface area (Å²) in [6.07, 6.45) is 0. The number of benzene rings is 1. The summed E-state index contributed by atoms with van der Waals surface area (Å²) in [4.78, 5) is 15.8. The third-order valence-corrected chi connectivity index (χ3v) is 4.50. The molecule has 0 spiro atoms. The molecular formula is C14H15ClN4OS. The predicted molar refractivity (Wildman–Crippen MR) is 84.3 cm³/mol. The van der Waals surface area contributed by atoms with Gasteiger partial charge in [0.2, 0.25) is 0 Å². The van der Waals surface area contributed by atoms with Crippen LogP contribution in [-0.2, 0) is 0 Å². The summed E-state index contributed by atoms with van der Waals surface area (Å²) in [7, 11) is 0. The summed E-state index contributed by atoms with van der Waals surface area (Å²) in [6, 6.07) is 7.25. The van der Waals surface area contributed by atoms with E-state index in [-0.39, 0.29) is 5.91 Å². The molecule has 1 amide bonds. The van der Waals surface area contributed by atoms with Gasteiger partial charge in [0.1, 0.15) is 0 Å². The Bertz CT molecular complexity index is 667. The maximum absolute atomic E-state index is 12.5. The van der Waals surface area contributed by atoms with E-state index in [1.165, 1.54) is 4.80 Å². The maximum atomic E-state index is 12.5. The Balaban J connectivity index is 1.89. The van der Waals surface area contributed by atoms with Gasteiger partial charge in [-0.15, -0.1) is 5.10 Å². The van der Waals surface area contributed by atoms with Gasteiger partial charge in [0.05, 0.1) is 11.4 Å². The number of aryl methyl sites for hydroxylation is 1. The first kappa shape index (κ1) is 14.4. The van der Waals surface area contributed by atoms with Gasteiger partial charge in [-0.05, 0) is 25.1 Å². The smallest absolute Gasteiger partial charge is 0.276 e. The van der Waals surface area contributed by atoms with Crippen LogP contribution in [0.2, 0.25) is 5.02 Å². The molecule has 5 nitrogen and oxygen atoms in total. The van der Waals surface area contributed by atoms with E-state index in [0.29, 0.717) is 16.4 Å². The molecule has 1 saturated heterocycles. The Hall–Kier alpha value is -1.53. The molecule has 1 fully saturated rings. The Kier molecular flexibility index (Phi) is 4.17. The van der Waals surface area contributed by atoms with Crippen molar-refractivity contribution in [3.05, 3.63) is 40.7 Å². The number of halogens is 1. The van der Waals surface area contributed by atoms with Crippen LogP contribution in [0.4, 0.5) is 0 Å². The van der Waals surface area contributed by atoms with Gasteiger partial charge in [-0.25, -0.2) is 0 Å². The Labute approximate surface area is 132 Å². The molecule has 110 valence electrons. The number of rotatable bonds is 2. The molecule has 21 heavy (non-hydrogen) atoms. The fourth-order valence-corrected chi connectivity index (χ4v) is 3.30. The zero-order chi connectivity index (χ0) is 14.8. The van der Waals surface area contributed by atoms with E-state index in [9.17, 15) is 4.79 Å². The highest BCUT2D eigenvalue weighted by molar-refractivity contribution is 7.99. The van der Waals surface area contributed by atoms with Crippen LogP contribution in [-0.4, -0.2) is 50.4 Å². The minimum Gasteiger partial charge on any atom is -0.336 e. The van der Waals surface area contributed by atoms with Crippen LogP contribution < -0.4 is 0 Å². The monoisotopic (exact) mass is 322 g/mol. The lowest BCUT2D eigenvalue weighted by molar-refractivity contribution is 0.0765. The maximum Gasteiger partial charge on any atom is 0.276 e. The molecule has 2 aromatic rings. The van der Waals surface area contributed by atoms with Crippen LogP contribution in [0.1, 0.15) is 16.2 Å². The van der Waals surface area contributed by atoms with E-state index in [1.54, 1.807) is 19.1 Å². The van der Waals surface area contributed by atoms with Crippen molar-refractivity contribution in [3.8, 4) is 5.69 Å². The average Bonchev–Trinajstić information content (AvgIpc) is 2.89. The fraction of sp³-hybridized carbons (Fsp3) is 0.357. The topological polar surface area (TPSA) is 51.0 Å². The molecule has 0 saturated carbocycles. The zero-order valence-corrected chi connectivity index (χ0v) is 13.2. The van der Waals surface area contributed by atoms with Crippen LogP contribution >= 0.6 is 23.4 Å². The molecule has 0 bridgehead atoms. The molecule has 1 aliphatic rings. The quantitative estimate of drug-likeness (QED) is 0.852. The third kappa shape index (κ3) is 3.06. The van der Waals surface area contributed by atoms with Crippen molar-refractivity contribution >= 4 is 29.3 Å². The van der Waals surface area contributed by atoms with Gasteiger partial charge < -0.3 is 4.90 Å². The first-order valence-corrected chi connectivity index (χ1v) is 8.25. The molecule has 0 radical (unpaired) electrons. The minimum atomic E-state index is -0.0407. The SMILES string of the molecule is Cc1nn(-c2cccc(Cl)c2)nc1C(=O)N1CCSCC1. The molecule has 0 N–H and O–H groups in total. The molecule has 7 heteroatoms. The Morgan fingerprint density at radius 2 is 2.05 bits per heavy atom. The molecular weight excluding hydrogens is 308 g/mol. The molecule has 3 rings (SSSR count). The predicted octanol–water partition coefficient (Wildman–Crippen LogP) is 2.42. The molecule has 0 atom stereocenters. The van der Waals surface area contributed by atoms with Crippen molar-refractivity contribution in [2.45, 2.75) is 6.92 Å². The number of amides is 1. The highest BCUT2D eigenvalue weighted by Gasteiger charge is 2.23. The number of carbonyl (C=O) groups excluding carboxylic acids is 1. The lowest BCUT2D eigenvalue weighted by Crippen LogP contribution is -2.38. The summed E-state index contributed by atoms with van der Waals surface area (Å²) in [5, 5.41) is 9.29. The van der Waals surface area contributed by atoms with Crippen molar-refractivity contribution in [1.29, 1.82) is 0 Å². The van der Waals surface area contributed by atoms with Crippen LogP contribution in [0.25, 0.3) is 5.69 Å². The highest BCUT2D eigenvalue weighted by atomic mass is 35.5. The average molecular weight is 323 g/mol. The number of thioether (sulfide) groups is 1. The normalized spacial score (nSPS) is 15.2. The second kappa shape index (κ2) is 6.07. The van der Waals surface area contributed by atoms with Gasteiger partial charge >= 0.3 is 0 Å².